The second-order valence-electron chi connectivity index (χ2n) is 28.3. The largest absolute Gasteiger partial charge is 0.450 e. The van der Waals surface area contributed by atoms with E-state index < -0.39 is 173 Å². The molecule has 1 heterocycles. The number of Topliss-reactive ketones (excluding diaryl/α,β-unsaturated/α-hetero) is 2. The van der Waals surface area contributed by atoms with Crippen LogP contribution < -0.4 is 16.0 Å². The molecule has 25 heteroatoms. The Kier molecular flexibility index (Phi) is 37.3. The monoisotopic (exact) mass is 1340 g/mol. The molecule has 0 aromatic carbocycles. The third-order valence-corrected chi connectivity index (χ3v) is 18.4. The van der Waals surface area contributed by atoms with Crippen molar-refractivity contribution in [2.75, 3.05) is 69.1 Å². The van der Waals surface area contributed by atoms with E-state index in [0.29, 0.717) is 19.4 Å². The zero-order valence-corrected chi connectivity index (χ0v) is 62.4. The predicted octanol–water partition coefficient (Wildman–Crippen LogP) is 5.72. The normalized spacial score (nSPS) is 26.5. The van der Waals surface area contributed by atoms with Crippen molar-refractivity contribution in [1.82, 2.24) is 50.2 Å². The van der Waals surface area contributed by atoms with Gasteiger partial charge in [0, 0.05) is 87.2 Å². The zero-order chi connectivity index (χ0) is 73.4. The first-order valence-electron chi connectivity index (χ1n) is 34.4. The van der Waals surface area contributed by atoms with Gasteiger partial charge in [-0.3, -0.25) is 52.7 Å². The zero-order valence-electron chi connectivity index (χ0n) is 62.4. The van der Waals surface area contributed by atoms with Crippen LogP contribution in [0.2, 0.25) is 0 Å². The summed E-state index contributed by atoms with van der Waals surface area (Å²) in [5.74, 6) is -11.3. The van der Waals surface area contributed by atoms with Crippen molar-refractivity contribution >= 4 is 70.8 Å². The number of nitrogens with zero attached hydrogens (tertiary/aromatic N) is 7. The first-order valence-corrected chi connectivity index (χ1v) is 34.4. The number of aliphatic hydroxyl groups is 1. The van der Waals surface area contributed by atoms with Gasteiger partial charge in [0.25, 0.3) is 0 Å². The maximum Gasteiger partial charge on any atom is 0.407 e. The van der Waals surface area contributed by atoms with Crippen molar-refractivity contribution < 1.29 is 72.1 Å². The SMILES string of the molecule is C/C=C/C[C@@H](C)[C@@H](O)[C@H]1C(=O)N[C@@H](CC)C(=O)N(C)[C@H](C)C(=O)N(C)[C@@H]([C@@H](C)OCCCCOC(=O)NCC)C(=O)C[C@@H](C(C)C)C(=O)N(C)[C@@H](CC(C)C)C(=O)C[C@@H](C)C(=O)N[C@H](C)C(=O)N(C)[C@@H](CC(C)C)C(=O)N(C)[C@@H](CC(C)C)C(=O)N(C)[C@@H](C(C)C)C(=O)N1C. The third-order valence-electron chi connectivity index (χ3n) is 18.4. The fourth-order valence-electron chi connectivity index (χ4n) is 12.2. The Hall–Kier alpha value is -6.50. The Bertz CT molecular complexity index is 2600. The van der Waals surface area contributed by atoms with Crippen molar-refractivity contribution in [3.63, 3.8) is 0 Å². The molecule has 1 rings (SSSR count). The summed E-state index contributed by atoms with van der Waals surface area (Å²) in [5.41, 5.74) is 0. The van der Waals surface area contributed by atoms with Gasteiger partial charge >= 0.3 is 6.09 Å². The fourth-order valence-corrected chi connectivity index (χ4v) is 12.2. The molecular weight excluding hydrogens is 1220 g/mol. The predicted molar refractivity (Wildman–Crippen MR) is 366 cm³/mol. The smallest absolute Gasteiger partial charge is 0.407 e. The van der Waals surface area contributed by atoms with Crippen LogP contribution in [0, 0.1) is 47.3 Å². The number of ketones is 2. The third kappa shape index (κ3) is 25.1. The van der Waals surface area contributed by atoms with Gasteiger partial charge in [-0.1, -0.05) is 102 Å². The number of ether oxygens (including phenoxy) is 2. The highest BCUT2D eigenvalue weighted by molar-refractivity contribution is 6.00. The molecule has 0 bridgehead atoms. The molecular formula is C70H124N10O15. The molecule has 95 heavy (non-hydrogen) atoms. The van der Waals surface area contributed by atoms with Gasteiger partial charge in [-0.25, -0.2) is 4.79 Å². The minimum absolute atomic E-state index is 0.0202. The van der Waals surface area contributed by atoms with Crippen LogP contribution in [-0.2, 0) is 62.2 Å². The van der Waals surface area contributed by atoms with Crippen LogP contribution in [0.1, 0.15) is 182 Å². The molecule has 1 aliphatic heterocycles. The Morgan fingerprint density at radius 2 is 1.03 bits per heavy atom. The lowest BCUT2D eigenvalue weighted by molar-refractivity contribution is -0.157. The van der Waals surface area contributed by atoms with Crippen molar-refractivity contribution in [3.05, 3.63) is 12.2 Å². The number of alkyl carbamates (subject to hydrolysis) is 1. The van der Waals surface area contributed by atoms with Crippen LogP contribution in [0.25, 0.3) is 0 Å². The molecule has 0 radical (unpaired) electrons. The number of aliphatic hydroxyl groups excluding tert-OH is 1. The van der Waals surface area contributed by atoms with Gasteiger partial charge in [0.1, 0.15) is 48.3 Å². The van der Waals surface area contributed by atoms with Crippen LogP contribution in [0.15, 0.2) is 12.2 Å². The number of amides is 10. The number of hydrogen-bond donors (Lipinski definition) is 4. The molecule has 14 atom stereocenters. The van der Waals surface area contributed by atoms with Crippen LogP contribution >= 0.6 is 0 Å². The summed E-state index contributed by atoms with van der Waals surface area (Å²) in [6.07, 6.45) is 1.27. The van der Waals surface area contributed by atoms with Crippen molar-refractivity contribution in [2.24, 2.45) is 47.3 Å². The Morgan fingerprint density at radius 3 is 1.53 bits per heavy atom. The maximum absolute atomic E-state index is 15.3. The summed E-state index contributed by atoms with van der Waals surface area (Å²) in [7, 11) is 9.94. The standard InChI is InChI=1S/C70H124N10O15/c1-26-29-32-45(14)60(83)59-62(85)73-51(27-2)66(89)74(19)48(17)64(87)79(24)58(49(18)94-33-30-31-34-95-70(93)71-28-3)56(82)39-50(43(10)11)65(88)75(20)52(35-40(4)5)55(81)38-46(15)61(84)72-47(16)63(86)76(21)53(36-41(6)7)67(90)77(22)54(37-42(8)9)68(91)78(23)57(44(12)13)69(92)80(59)25/h26,29,40-54,57-60,83H,27-28,30-39H2,1-25H3,(H,71,93)(H,72,84)(H,73,85)/b29-26+/t45-,46-,47-,48-,49-,50+,51+,52+,53+,54+,57+,58+,59+,60-/m1/s1. The van der Waals surface area contributed by atoms with E-state index in [1.807, 2.05) is 41.5 Å². The van der Waals surface area contributed by atoms with Crippen molar-refractivity contribution in [3.8, 4) is 0 Å². The van der Waals surface area contributed by atoms with E-state index in [0.717, 1.165) is 9.80 Å². The van der Waals surface area contributed by atoms with E-state index in [2.05, 4.69) is 16.0 Å². The van der Waals surface area contributed by atoms with Gasteiger partial charge in [-0.2, -0.15) is 0 Å². The highest BCUT2D eigenvalue weighted by Crippen LogP contribution is 2.29. The summed E-state index contributed by atoms with van der Waals surface area (Å²) in [6, 6.07) is -11.5. The summed E-state index contributed by atoms with van der Waals surface area (Å²) in [4.78, 5) is 184. The quantitative estimate of drug-likeness (QED) is 0.0789. The lowest BCUT2D eigenvalue weighted by atomic mass is 9.85. The van der Waals surface area contributed by atoms with Gasteiger partial charge in [0.05, 0.1) is 24.9 Å². The minimum Gasteiger partial charge on any atom is -0.450 e. The Balaban J connectivity index is 4.42. The molecule has 1 fully saturated rings. The number of allylic oxidation sites excluding steroid dienone is 2. The molecule has 1 aliphatic rings. The number of rotatable bonds is 21. The number of nitrogens with one attached hydrogen (secondary N) is 3. The molecule has 0 aromatic rings. The summed E-state index contributed by atoms with van der Waals surface area (Å²) in [6.45, 7) is 31.7. The number of hydrogen-bond acceptors (Lipinski definition) is 15. The number of carbonyl (C=O) groups is 12. The number of likely N-dealkylation sites (N-methyl/N-ethyl adjacent to an activating group) is 7. The minimum atomic E-state index is -1.65. The van der Waals surface area contributed by atoms with E-state index in [1.54, 1.807) is 74.5 Å². The van der Waals surface area contributed by atoms with Crippen LogP contribution in [0.4, 0.5) is 4.79 Å². The lowest BCUT2D eigenvalue weighted by Gasteiger charge is -2.41. The van der Waals surface area contributed by atoms with Crippen molar-refractivity contribution in [2.45, 2.75) is 249 Å². The summed E-state index contributed by atoms with van der Waals surface area (Å²) >= 11 is 0. The highest BCUT2D eigenvalue weighted by atomic mass is 16.5. The maximum atomic E-state index is 15.3. The molecule has 0 saturated carbocycles. The van der Waals surface area contributed by atoms with Gasteiger partial charge in [-0.05, 0) is 115 Å². The Labute approximate surface area is 568 Å². The molecule has 4 N–H and O–H groups in total. The average molecular weight is 1350 g/mol. The average Bonchev–Trinajstić information content (AvgIpc) is 0.847. The molecule has 25 nitrogen and oxygen atoms in total. The molecule has 0 unspecified atom stereocenters. The second-order valence-corrected chi connectivity index (χ2v) is 28.3. The van der Waals surface area contributed by atoms with Gasteiger partial charge in [0.15, 0.2) is 11.6 Å². The molecule has 0 aliphatic carbocycles. The fraction of sp³-hybridized carbons (Fsp3) is 0.800. The van der Waals surface area contributed by atoms with Gasteiger partial charge in [-0.15, -0.1) is 0 Å². The number of carbonyl (C=O) groups excluding carboxylic acids is 12. The highest BCUT2D eigenvalue weighted by Gasteiger charge is 2.46. The van der Waals surface area contributed by atoms with E-state index in [4.69, 9.17) is 9.47 Å². The molecule has 0 spiro atoms. The van der Waals surface area contributed by atoms with Gasteiger partial charge < -0.3 is 64.8 Å². The van der Waals surface area contributed by atoms with Crippen LogP contribution in [-0.4, -0.2) is 246 Å². The van der Waals surface area contributed by atoms with E-state index in [-0.39, 0.29) is 69.5 Å². The van der Waals surface area contributed by atoms with E-state index in [9.17, 15) is 38.7 Å². The van der Waals surface area contributed by atoms with Gasteiger partial charge in [0.2, 0.25) is 53.2 Å². The van der Waals surface area contributed by atoms with Crippen molar-refractivity contribution in [1.29, 1.82) is 0 Å². The molecule has 1 saturated heterocycles. The molecule has 0 aromatic heterocycles. The van der Waals surface area contributed by atoms with E-state index >= 15 is 24.0 Å². The lowest BCUT2D eigenvalue weighted by Crippen LogP contribution is -2.64. The first-order chi connectivity index (χ1) is 44.1. The van der Waals surface area contributed by atoms with Crippen LogP contribution in [0.5, 0.6) is 0 Å². The topological polar surface area (TPSA) is 302 Å². The first kappa shape index (κ1) is 86.5. The second kappa shape index (κ2) is 40.9. The molecule has 10 amide bonds. The summed E-state index contributed by atoms with van der Waals surface area (Å²) < 4.78 is 11.5. The Morgan fingerprint density at radius 1 is 0.547 bits per heavy atom. The molecule has 544 valence electrons. The summed E-state index contributed by atoms with van der Waals surface area (Å²) in [5, 5.41) is 20.3. The van der Waals surface area contributed by atoms with Crippen LogP contribution in [0.3, 0.4) is 0 Å². The van der Waals surface area contributed by atoms with E-state index in [1.165, 1.54) is 94.6 Å². The number of unbranched alkanes of at least 4 members (excludes halogenated alkanes) is 1.